The Balaban J connectivity index is 1.58. The monoisotopic (exact) mass is 320 g/mol. The molecular weight excluding hydrogens is 300 g/mol. The average molecular weight is 320 g/mol. The normalized spacial score (nSPS) is 15.5. The van der Waals surface area contributed by atoms with E-state index in [1.54, 1.807) is 6.20 Å². The second kappa shape index (κ2) is 6.43. The van der Waals surface area contributed by atoms with Crippen molar-refractivity contribution in [2.45, 2.75) is 51.6 Å². The number of hydrogen-bond donors (Lipinski definition) is 2. The maximum Gasteiger partial charge on any atom is 0.321 e. The van der Waals surface area contributed by atoms with Crippen molar-refractivity contribution in [3.8, 4) is 0 Å². The molecule has 0 radical (unpaired) electrons. The van der Waals surface area contributed by atoms with E-state index in [2.05, 4.69) is 25.9 Å². The summed E-state index contributed by atoms with van der Waals surface area (Å²) in [5.74, 6) is 0.555. The van der Waals surface area contributed by atoms with E-state index in [-0.39, 0.29) is 12.1 Å². The van der Waals surface area contributed by atoms with Crippen LogP contribution in [-0.4, -0.2) is 26.0 Å². The number of urea groups is 1. The van der Waals surface area contributed by atoms with Crippen LogP contribution in [0.25, 0.3) is 0 Å². The molecule has 118 valence electrons. The third-order valence-electron chi connectivity index (χ3n) is 3.68. The van der Waals surface area contributed by atoms with Gasteiger partial charge in [0, 0.05) is 24.2 Å². The first-order chi connectivity index (χ1) is 10.7. The van der Waals surface area contributed by atoms with Crippen molar-refractivity contribution in [3.05, 3.63) is 23.0 Å². The summed E-state index contributed by atoms with van der Waals surface area (Å²) in [6, 6.07) is -0.314. The maximum absolute atomic E-state index is 12.1. The molecule has 0 bridgehead atoms. The summed E-state index contributed by atoms with van der Waals surface area (Å²) in [6.07, 6.45) is 6.92. The van der Waals surface area contributed by atoms with Crippen LogP contribution in [0.15, 0.2) is 12.4 Å². The minimum atomic E-state index is -0.255. The SMILES string of the molecule is CCC(NC(=O)Nc1nnc(C2CC2)s1)c1cnn(CC)c1. The van der Waals surface area contributed by atoms with Gasteiger partial charge in [-0.3, -0.25) is 10.00 Å². The molecule has 1 saturated carbocycles. The van der Waals surface area contributed by atoms with E-state index in [9.17, 15) is 4.79 Å². The van der Waals surface area contributed by atoms with Crippen LogP contribution in [0.5, 0.6) is 0 Å². The van der Waals surface area contributed by atoms with Crippen LogP contribution < -0.4 is 10.6 Å². The summed E-state index contributed by atoms with van der Waals surface area (Å²) in [5, 5.41) is 19.7. The number of carbonyl (C=O) groups excluding carboxylic acids is 1. The van der Waals surface area contributed by atoms with Gasteiger partial charge in [-0.05, 0) is 26.2 Å². The molecule has 3 rings (SSSR count). The quantitative estimate of drug-likeness (QED) is 0.857. The van der Waals surface area contributed by atoms with E-state index in [0.717, 1.165) is 23.5 Å². The number of carbonyl (C=O) groups is 1. The summed E-state index contributed by atoms with van der Waals surface area (Å²) >= 11 is 1.46. The second-order valence-electron chi connectivity index (χ2n) is 5.41. The highest BCUT2D eigenvalue weighted by molar-refractivity contribution is 7.15. The van der Waals surface area contributed by atoms with Crippen LogP contribution in [0, 0.1) is 0 Å². The fraction of sp³-hybridized carbons (Fsp3) is 0.571. The predicted octanol–water partition coefficient (Wildman–Crippen LogP) is 2.90. The molecule has 2 aromatic rings. The Labute approximate surface area is 133 Å². The number of rotatable bonds is 6. The zero-order valence-electron chi connectivity index (χ0n) is 12.7. The summed E-state index contributed by atoms with van der Waals surface area (Å²) in [5.41, 5.74) is 1.01. The molecule has 0 spiro atoms. The standard InChI is InChI=1S/C14H20N6OS/c1-3-11(10-7-15-20(4-2)8-10)16-13(21)17-14-19-18-12(22-14)9-5-6-9/h7-9,11H,3-6H2,1-2H3,(H2,16,17,19,21). The lowest BCUT2D eigenvalue weighted by Crippen LogP contribution is -2.32. The first kappa shape index (κ1) is 15.0. The first-order valence-corrected chi connectivity index (χ1v) is 8.44. The lowest BCUT2D eigenvalue weighted by Gasteiger charge is -2.15. The molecule has 7 nitrogen and oxygen atoms in total. The van der Waals surface area contributed by atoms with E-state index in [1.165, 1.54) is 24.2 Å². The molecule has 8 heteroatoms. The van der Waals surface area contributed by atoms with Crippen molar-refractivity contribution in [2.24, 2.45) is 0 Å². The minimum Gasteiger partial charge on any atom is -0.331 e. The fourth-order valence-corrected chi connectivity index (χ4v) is 3.13. The second-order valence-corrected chi connectivity index (χ2v) is 6.42. The van der Waals surface area contributed by atoms with Crippen molar-refractivity contribution in [1.29, 1.82) is 0 Å². The molecule has 0 saturated heterocycles. The van der Waals surface area contributed by atoms with Crippen LogP contribution in [0.1, 0.15) is 55.6 Å². The average Bonchev–Trinajstić information content (AvgIpc) is 3.08. The van der Waals surface area contributed by atoms with Gasteiger partial charge >= 0.3 is 6.03 Å². The highest BCUT2D eigenvalue weighted by Gasteiger charge is 2.27. The van der Waals surface area contributed by atoms with Crippen molar-refractivity contribution in [3.63, 3.8) is 0 Å². The van der Waals surface area contributed by atoms with Gasteiger partial charge in [-0.2, -0.15) is 5.10 Å². The number of aromatic nitrogens is 4. The fourth-order valence-electron chi connectivity index (χ4n) is 2.23. The molecule has 1 aliphatic rings. The Bertz CT molecular complexity index is 647. The first-order valence-electron chi connectivity index (χ1n) is 7.62. The Hall–Kier alpha value is -1.96. The summed E-state index contributed by atoms with van der Waals surface area (Å²) < 4.78 is 1.85. The Morgan fingerprint density at radius 1 is 1.45 bits per heavy atom. The third kappa shape index (κ3) is 3.44. The van der Waals surface area contributed by atoms with Crippen LogP contribution in [0.2, 0.25) is 0 Å². The molecular formula is C14H20N6OS. The minimum absolute atomic E-state index is 0.0591. The van der Waals surface area contributed by atoms with Crippen molar-refractivity contribution in [1.82, 2.24) is 25.3 Å². The topological polar surface area (TPSA) is 84.7 Å². The Morgan fingerprint density at radius 3 is 2.91 bits per heavy atom. The van der Waals surface area contributed by atoms with Crippen LogP contribution >= 0.6 is 11.3 Å². The van der Waals surface area contributed by atoms with E-state index < -0.39 is 0 Å². The van der Waals surface area contributed by atoms with E-state index in [0.29, 0.717) is 11.0 Å². The predicted molar refractivity (Wildman–Crippen MR) is 85.0 cm³/mol. The largest absolute Gasteiger partial charge is 0.331 e. The van der Waals surface area contributed by atoms with Crippen molar-refractivity contribution >= 4 is 22.5 Å². The smallest absolute Gasteiger partial charge is 0.321 e. The lowest BCUT2D eigenvalue weighted by molar-refractivity contribution is 0.248. The van der Waals surface area contributed by atoms with Gasteiger partial charge in [0.25, 0.3) is 0 Å². The van der Waals surface area contributed by atoms with Gasteiger partial charge in [-0.25, -0.2) is 4.79 Å². The highest BCUT2D eigenvalue weighted by atomic mass is 32.1. The van der Waals surface area contributed by atoms with Crippen LogP contribution in [-0.2, 0) is 6.54 Å². The van der Waals surface area contributed by atoms with Crippen LogP contribution in [0.3, 0.4) is 0 Å². The molecule has 0 aromatic carbocycles. The molecule has 0 aliphatic heterocycles. The number of nitrogens with zero attached hydrogens (tertiary/aromatic N) is 4. The van der Waals surface area contributed by atoms with Gasteiger partial charge in [0.15, 0.2) is 0 Å². The van der Waals surface area contributed by atoms with Gasteiger partial charge in [0.2, 0.25) is 5.13 Å². The third-order valence-corrected chi connectivity index (χ3v) is 4.68. The number of aryl methyl sites for hydroxylation is 1. The number of nitrogens with one attached hydrogen (secondary N) is 2. The molecule has 2 N–H and O–H groups in total. The number of anilines is 1. The Kier molecular flexibility index (Phi) is 4.37. The van der Waals surface area contributed by atoms with Gasteiger partial charge in [0.1, 0.15) is 5.01 Å². The zero-order chi connectivity index (χ0) is 15.5. The van der Waals surface area contributed by atoms with Gasteiger partial charge in [-0.1, -0.05) is 18.3 Å². The molecule has 1 unspecified atom stereocenters. The number of amides is 2. The molecule has 2 aromatic heterocycles. The van der Waals surface area contributed by atoms with E-state index in [4.69, 9.17) is 0 Å². The van der Waals surface area contributed by atoms with Crippen LogP contribution in [0.4, 0.5) is 9.93 Å². The van der Waals surface area contributed by atoms with E-state index in [1.807, 2.05) is 24.7 Å². The van der Waals surface area contributed by atoms with Gasteiger partial charge < -0.3 is 5.32 Å². The molecule has 1 fully saturated rings. The Morgan fingerprint density at radius 2 is 2.27 bits per heavy atom. The molecule has 22 heavy (non-hydrogen) atoms. The zero-order valence-corrected chi connectivity index (χ0v) is 13.6. The van der Waals surface area contributed by atoms with E-state index >= 15 is 0 Å². The van der Waals surface area contributed by atoms with Crippen molar-refractivity contribution < 1.29 is 4.79 Å². The lowest BCUT2D eigenvalue weighted by atomic mass is 10.1. The molecule has 2 amide bonds. The molecule has 1 atom stereocenters. The summed E-state index contributed by atoms with van der Waals surface area (Å²) in [6.45, 7) is 4.88. The number of hydrogen-bond acceptors (Lipinski definition) is 5. The molecule has 2 heterocycles. The van der Waals surface area contributed by atoms with Crippen molar-refractivity contribution in [2.75, 3.05) is 5.32 Å². The summed E-state index contributed by atoms with van der Waals surface area (Å²) in [7, 11) is 0. The summed E-state index contributed by atoms with van der Waals surface area (Å²) in [4.78, 5) is 12.1. The molecule has 1 aliphatic carbocycles. The maximum atomic E-state index is 12.1. The van der Waals surface area contributed by atoms with Gasteiger partial charge in [0.05, 0.1) is 12.2 Å². The highest BCUT2D eigenvalue weighted by Crippen LogP contribution is 2.42. The van der Waals surface area contributed by atoms with Gasteiger partial charge in [-0.15, -0.1) is 10.2 Å².